The van der Waals surface area contributed by atoms with Gasteiger partial charge in [-0.15, -0.1) is 0 Å². The minimum Gasteiger partial charge on any atom is -0.310 e. The SMILES string of the molecule is Cc1ccc(N(c2ccc3c(c2)C(c2ccc4c(c2)CC4)(c2ccc4c(c2)CC4)c2cc(N(c4cccc(C)c4)c4ccc5c(c4)CC5)ccc2-3)c2cccc3c2CC3)cc1. The van der Waals surface area contributed by atoms with E-state index in [4.69, 9.17) is 0 Å². The Labute approximate surface area is 359 Å². The molecule has 0 fully saturated rings. The number of aryl methyl sites for hydroxylation is 9. The normalized spacial score (nSPS) is 15.3. The van der Waals surface area contributed by atoms with Crippen LogP contribution in [-0.4, -0.2) is 0 Å². The monoisotopic (exact) mass is 784 g/mol. The van der Waals surface area contributed by atoms with Gasteiger partial charge in [0, 0.05) is 34.1 Å². The highest BCUT2D eigenvalue weighted by molar-refractivity contribution is 5.92. The Morgan fingerprint density at radius 1 is 0.344 bits per heavy atom. The largest absolute Gasteiger partial charge is 0.310 e. The third kappa shape index (κ3) is 5.21. The van der Waals surface area contributed by atoms with Crippen LogP contribution in [0.4, 0.5) is 34.1 Å². The van der Waals surface area contributed by atoms with Crippen LogP contribution in [0.1, 0.15) is 77.9 Å². The summed E-state index contributed by atoms with van der Waals surface area (Å²) in [5.41, 5.74) is 29.3. The van der Waals surface area contributed by atoms with Crippen LogP contribution in [0.5, 0.6) is 0 Å². The lowest BCUT2D eigenvalue weighted by Gasteiger charge is -2.38. The summed E-state index contributed by atoms with van der Waals surface area (Å²) in [6.07, 6.45) is 9.21. The number of hydrogen-bond acceptors (Lipinski definition) is 2. The molecule has 0 amide bonds. The number of rotatable bonds is 8. The van der Waals surface area contributed by atoms with Crippen molar-refractivity contribution in [3.05, 3.63) is 236 Å². The van der Waals surface area contributed by atoms with Crippen molar-refractivity contribution in [2.24, 2.45) is 0 Å². The standard InChI is InChI=1S/C59H48N2/c1-37-9-23-48(24-10-37)61(58-8-4-6-42-20-28-53(42)58)52-27-30-55-54-29-26-51(60(49-7-3-5-38(2)31-49)50-25-19-41-13-16-45(41)34-50)35-56(54)59(57(55)36-52,46-21-17-39-11-14-43(39)32-46)47-22-18-40-12-15-44(40)33-47/h3-10,17-19,21-27,29-36H,11-16,20,28H2,1-2H3. The third-order valence-electron chi connectivity index (χ3n) is 15.0. The molecule has 61 heavy (non-hydrogen) atoms. The van der Waals surface area contributed by atoms with Crippen molar-refractivity contribution in [1.82, 2.24) is 0 Å². The fraction of sp³-hybridized carbons (Fsp3) is 0.186. The van der Waals surface area contributed by atoms with Crippen molar-refractivity contribution < 1.29 is 0 Å². The Kier molecular flexibility index (Phi) is 7.59. The predicted octanol–water partition coefficient (Wildman–Crippen LogP) is 14.0. The first-order valence-corrected chi connectivity index (χ1v) is 22.5. The molecule has 0 bridgehead atoms. The lowest BCUT2D eigenvalue weighted by atomic mass is 9.65. The maximum Gasteiger partial charge on any atom is 0.0715 e. The van der Waals surface area contributed by atoms with E-state index < -0.39 is 5.41 Å². The van der Waals surface area contributed by atoms with E-state index in [9.17, 15) is 0 Å². The van der Waals surface area contributed by atoms with Crippen LogP contribution in [0.15, 0.2) is 158 Å². The van der Waals surface area contributed by atoms with Gasteiger partial charge in [0.25, 0.3) is 0 Å². The molecular formula is C59H48N2. The lowest BCUT2D eigenvalue weighted by Crippen LogP contribution is -2.31. The molecule has 0 radical (unpaired) electrons. The van der Waals surface area contributed by atoms with Gasteiger partial charge in [-0.2, -0.15) is 0 Å². The van der Waals surface area contributed by atoms with Crippen molar-refractivity contribution in [2.75, 3.05) is 9.80 Å². The quantitative estimate of drug-likeness (QED) is 0.151. The van der Waals surface area contributed by atoms with Crippen LogP contribution < -0.4 is 9.80 Å². The maximum atomic E-state index is 2.57. The highest BCUT2D eigenvalue weighted by Gasteiger charge is 2.48. The summed E-state index contributed by atoms with van der Waals surface area (Å²) in [5, 5.41) is 0. The topological polar surface area (TPSA) is 6.48 Å². The summed E-state index contributed by atoms with van der Waals surface area (Å²) in [4.78, 5) is 5.05. The van der Waals surface area contributed by atoms with E-state index in [1.54, 1.807) is 0 Å². The van der Waals surface area contributed by atoms with Gasteiger partial charge in [-0.05, 0) is 215 Å². The van der Waals surface area contributed by atoms with Crippen LogP contribution in [0.3, 0.4) is 0 Å². The van der Waals surface area contributed by atoms with Crippen molar-refractivity contribution in [3.63, 3.8) is 0 Å². The molecule has 5 aliphatic rings. The molecule has 0 aromatic heterocycles. The molecule has 5 aliphatic carbocycles. The smallest absolute Gasteiger partial charge is 0.0715 e. The van der Waals surface area contributed by atoms with Crippen molar-refractivity contribution in [1.29, 1.82) is 0 Å². The summed E-state index contributed by atoms with van der Waals surface area (Å²) in [6.45, 7) is 4.39. The van der Waals surface area contributed by atoms with E-state index in [0.717, 1.165) is 32.1 Å². The minimum absolute atomic E-state index is 0.536. The van der Waals surface area contributed by atoms with Crippen molar-refractivity contribution in [2.45, 2.75) is 70.6 Å². The van der Waals surface area contributed by atoms with Crippen molar-refractivity contribution in [3.8, 4) is 11.1 Å². The predicted molar refractivity (Wildman–Crippen MR) is 252 cm³/mol. The van der Waals surface area contributed by atoms with Gasteiger partial charge in [0.05, 0.1) is 5.41 Å². The van der Waals surface area contributed by atoms with Crippen LogP contribution in [0, 0.1) is 13.8 Å². The van der Waals surface area contributed by atoms with E-state index >= 15 is 0 Å². The zero-order valence-corrected chi connectivity index (χ0v) is 35.1. The third-order valence-corrected chi connectivity index (χ3v) is 15.0. The Morgan fingerprint density at radius 2 is 0.852 bits per heavy atom. The highest BCUT2D eigenvalue weighted by atomic mass is 15.2. The second-order valence-electron chi connectivity index (χ2n) is 18.4. The Morgan fingerprint density at radius 3 is 1.41 bits per heavy atom. The molecule has 2 heteroatoms. The summed E-state index contributed by atoms with van der Waals surface area (Å²) in [6, 6.07) is 62.0. The van der Waals surface area contributed by atoms with E-state index in [0.29, 0.717) is 0 Å². The summed E-state index contributed by atoms with van der Waals surface area (Å²) < 4.78 is 0. The molecule has 0 unspecified atom stereocenters. The van der Waals surface area contributed by atoms with Gasteiger partial charge >= 0.3 is 0 Å². The molecule has 0 N–H and O–H groups in total. The van der Waals surface area contributed by atoms with Gasteiger partial charge in [-0.25, -0.2) is 0 Å². The minimum atomic E-state index is -0.536. The molecule has 0 spiro atoms. The fourth-order valence-electron chi connectivity index (χ4n) is 11.3. The summed E-state index contributed by atoms with van der Waals surface area (Å²) in [5.74, 6) is 0. The number of anilines is 6. The van der Waals surface area contributed by atoms with Gasteiger partial charge in [0.2, 0.25) is 0 Å². The maximum absolute atomic E-state index is 2.57. The Balaban J connectivity index is 1.09. The number of hydrogen-bond donors (Lipinski definition) is 0. The van der Waals surface area contributed by atoms with Crippen LogP contribution in [0.2, 0.25) is 0 Å². The average Bonchev–Trinajstić information content (AvgIpc) is 3.51. The van der Waals surface area contributed by atoms with Gasteiger partial charge in [0.15, 0.2) is 0 Å². The van der Waals surface area contributed by atoms with Gasteiger partial charge in [-0.3, -0.25) is 0 Å². The molecular weight excluding hydrogens is 737 g/mol. The van der Waals surface area contributed by atoms with Crippen LogP contribution in [0.25, 0.3) is 11.1 Å². The molecule has 8 aromatic rings. The zero-order chi connectivity index (χ0) is 40.4. The van der Waals surface area contributed by atoms with Gasteiger partial charge in [0.1, 0.15) is 0 Å². The molecule has 294 valence electrons. The van der Waals surface area contributed by atoms with Crippen LogP contribution in [-0.2, 0) is 56.8 Å². The average molecular weight is 785 g/mol. The van der Waals surface area contributed by atoms with E-state index in [2.05, 4.69) is 181 Å². The molecule has 0 atom stereocenters. The molecule has 2 nitrogen and oxygen atoms in total. The first-order chi connectivity index (χ1) is 30.0. The molecule has 0 heterocycles. The molecule has 0 saturated heterocycles. The molecule has 0 aliphatic heterocycles. The number of benzene rings is 8. The first kappa shape index (κ1) is 35.1. The van der Waals surface area contributed by atoms with Gasteiger partial charge < -0.3 is 9.80 Å². The van der Waals surface area contributed by atoms with Crippen molar-refractivity contribution >= 4 is 34.1 Å². The number of fused-ring (bicyclic) bond motifs is 7. The van der Waals surface area contributed by atoms with E-state index in [-0.39, 0.29) is 0 Å². The Bertz CT molecular complexity index is 3080. The number of nitrogens with zero attached hydrogens (tertiary/aromatic N) is 2. The van der Waals surface area contributed by atoms with Gasteiger partial charge in [-0.1, -0.05) is 96.6 Å². The highest BCUT2D eigenvalue weighted by Crippen LogP contribution is 2.59. The molecule has 0 saturated carbocycles. The molecule has 13 rings (SSSR count). The van der Waals surface area contributed by atoms with E-state index in [1.165, 1.54) is 142 Å². The second kappa shape index (κ2) is 13.2. The fourth-order valence-corrected chi connectivity index (χ4v) is 11.3. The van der Waals surface area contributed by atoms with E-state index in [1.807, 2.05) is 0 Å². The summed E-state index contributed by atoms with van der Waals surface area (Å²) in [7, 11) is 0. The first-order valence-electron chi connectivity index (χ1n) is 22.5. The molecule has 8 aromatic carbocycles. The second-order valence-corrected chi connectivity index (χ2v) is 18.4. The lowest BCUT2D eigenvalue weighted by molar-refractivity contribution is 0.740. The Hall–Kier alpha value is -6.64. The zero-order valence-electron chi connectivity index (χ0n) is 35.1. The summed E-state index contributed by atoms with van der Waals surface area (Å²) >= 11 is 0. The van der Waals surface area contributed by atoms with Crippen LogP contribution >= 0.6 is 0 Å².